The molecule has 0 spiro atoms. The molecule has 3 N–H and O–H groups in total. The number of carbonyl (C=O) groups is 1. The smallest absolute Gasteiger partial charge is 0.323 e. The number of H-pyrrole nitrogens is 2. The number of hydrogen-bond donors (Lipinski definition) is 3. The maximum Gasteiger partial charge on any atom is 0.323 e. The molecule has 1 aromatic heterocycles. The lowest BCUT2D eigenvalue weighted by Crippen LogP contribution is -2.15. The van der Waals surface area contributed by atoms with Crippen molar-refractivity contribution in [1.29, 1.82) is 0 Å². The molecular weight excluding hydrogens is 326 g/mol. The summed E-state index contributed by atoms with van der Waals surface area (Å²) in [4.78, 5) is 41.2. The molecule has 0 radical (unpaired) electrons. The predicted octanol–water partition coefficient (Wildman–Crippen LogP) is 2.08. The van der Waals surface area contributed by atoms with E-state index in [-0.39, 0.29) is 16.9 Å². The second-order valence-electron chi connectivity index (χ2n) is 5.65. The molecule has 0 unspecified atom stereocenters. The summed E-state index contributed by atoms with van der Waals surface area (Å²) in [5.74, 6) is -0.481. The zero-order valence-electron chi connectivity index (χ0n) is 13.5. The van der Waals surface area contributed by atoms with E-state index in [1.807, 2.05) is 0 Å². The highest BCUT2D eigenvalue weighted by atomic mass is 16.6. The number of nitrogens with one attached hydrogen (secondary N) is 3. The zero-order chi connectivity index (χ0) is 18.1. The van der Waals surface area contributed by atoms with Crippen LogP contribution >= 0.6 is 0 Å². The summed E-state index contributed by atoms with van der Waals surface area (Å²) < 4.78 is 0. The minimum absolute atomic E-state index is 0.150. The van der Waals surface area contributed by atoms with Crippen LogP contribution in [0.25, 0.3) is 11.0 Å². The van der Waals surface area contributed by atoms with Crippen molar-refractivity contribution in [3.8, 4) is 0 Å². The molecule has 25 heavy (non-hydrogen) atoms. The van der Waals surface area contributed by atoms with E-state index in [4.69, 9.17) is 0 Å². The van der Waals surface area contributed by atoms with E-state index in [1.165, 1.54) is 18.2 Å². The van der Waals surface area contributed by atoms with E-state index in [0.717, 1.165) is 0 Å². The molecule has 0 aliphatic carbocycles. The van der Waals surface area contributed by atoms with Crippen molar-refractivity contribution in [2.75, 3.05) is 24.3 Å². The minimum atomic E-state index is -0.525. The Hall–Kier alpha value is -3.62. The van der Waals surface area contributed by atoms with Gasteiger partial charge < -0.3 is 20.2 Å². The van der Waals surface area contributed by atoms with Crippen LogP contribution in [0.1, 0.15) is 10.4 Å². The molecule has 1 amide bonds. The van der Waals surface area contributed by atoms with Crippen LogP contribution in [0.15, 0.2) is 41.2 Å². The van der Waals surface area contributed by atoms with E-state index < -0.39 is 10.8 Å². The van der Waals surface area contributed by atoms with Crippen molar-refractivity contribution in [3.05, 3.63) is 62.6 Å². The SMILES string of the molecule is CN(C)c1ccc(C(=O)Nc2ccc3[nH]c(=O)[nH]c3c2)cc1[N+](=O)[O-]. The van der Waals surface area contributed by atoms with Gasteiger partial charge in [-0.05, 0) is 30.3 Å². The Labute approximate surface area is 141 Å². The van der Waals surface area contributed by atoms with Crippen LogP contribution in [0.5, 0.6) is 0 Å². The number of imidazole rings is 1. The number of carbonyl (C=O) groups excluding carboxylic acids is 1. The van der Waals surface area contributed by atoms with Gasteiger partial charge in [-0.3, -0.25) is 14.9 Å². The lowest BCUT2D eigenvalue weighted by Gasteiger charge is -2.13. The molecule has 3 rings (SSSR count). The number of aromatic amines is 2. The van der Waals surface area contributed by atoms with E-state index >= 15 is 0 Å². The summed E-state index contributed by atoms with van der Waals surface area (Å²) in [6.45, 7) is 0. The molecule has 1 heterocycles. The van der Waals surface area contributed by atoms with Gasteiger partial charge in [0.1, 0.15) is 5.69 Å². The molecule has 0 saturated carbocycles. The van der Waals surface area contributed by atoms with E-state index in [1.54, 1.807) is 37.2 Å². The van der Waals surface area contributed by atoms with Crippen molar-refractivity contribution < 1.29 is 9.72 Å². The highest BCUT2D eigenvalue weighted by Gasteiger charge is 2.19. The Morgan fingerprint density at radius 2 is 1.84 bits per heavy atom. The summed E-state index contributed by atoms with van der Waals surface area (Å²) in [6, 6.07) is 9.18. The van der Waals surface area contributed by atoms with Gasteiger partial charge in [-0.2, -0.15) is 0 Å². The summed E-state index contributed by atoms with van der Waals surface area (Å²) >= 11 is 0. The first kappa shape index (κ1) is 16.2. The molecular formula is C16H15N5O4. The van der Waals surface area contributed by atoms with E-state index in [9.17, 15) is 19.7 Å². The first-order chi connectivity index (χ1) is 11.8. The molecule has 0 atom stereocenters. The maximum absolute atomic E-state index is 12.4. The minimum Gasteiger partial charge on any atom is -0.372 e. The molecule has 128 valence electrons. The third-order valence-corrected chi connectivity index (χ3v) is 3.69. The standard InChI is InChI=1S/C16H15N5O4/c1-20(2)13-6-3-9(7-14(13)21(24)25)15(22)17-10-4-5-11-12(8-10)19-16(23)18-11/h3-8H,1-2H3,(H,17,22)(H2,18,19,23). The van der Waals surface area contributed by atoms with Gasteiger partial charge in [0.2, 0.25) is 0 Å². The summed E-state index contributed by atoms with van der Waals surface area (Å²) in [6.07, 6.45) is 0. The molecule has 0 aliphatic rings. The number of aromatic nitrogens is 2. The molecule has 0 fully saturated rings. The van der Waals surface area contributed by atoms with Gasteiger partial charge in [0.25, 0.3) is 11.6 Å². The van der Waals surface area contributed by atoms with Crippen LogP contribution in [-0.2, 0) is 0 Å². The Balaban J connectivity index is 1.90. The number of amides is 1. The van der Waals surface area contributed by atoms with Crippen molar-refractivity contribution in [1.82, 2.24) is 9.97 Å². The van der Waals surface area contributed by atoms with Crippen LogP contribution in [-0.4, -0.2) is 34.9 Å². The average molecular weight is 341 g/mol. The van der Waals surface area contributed by atoms with Crippen molar-refractivity contribution in [2.45, 2.75) is 0 Å². The highest BCUT2D eigenvalue weighted by Crippen LogP contribution is 2.28. The fourth-order valence-corrected chi connectivity index (χ4v) is 2.50. The van der Waals surface area contributed by atoms with Crippen molar-refractivity contribution in [3.63, 3.8) is 0 Å². The topological polar surface area (TPSA) is 124 Å². The van der Waals surface area contributed by atoms with Crippen LogP contribution in [0, 0.1) is 10.1 Å². The lowest BCUT2D eigenvalue weighted by atomic mass is 10.1. The molecule has 2 aromatic carbocycles. The Kier molecular flexibility index (Phi) is 3.97. The monoisotopic (exact) mass is 341 g/mol. The van der Waals surface area contributed by atoms with Gasteiger partial charge in [0.05, 0.1) is 16.0 Å². The molecule has 0 aliphatic heterocycles. The Morgan fingerprint density at radius 3 is 2.52 bits per heavy atom. The number of nitro groups is 1. The van der Waals surface area contributed by atoms with Gasteiger partial charge in [-0.15, -0.1) is 0 Å². The van der Waals surface area contributed by atoms with Crippen LogP contribution in [0.2, 0.25) is 0 Å². The van der Waals surface area contributed by atoms with E-state index in [2.05, 4.69) is 15.3 Å². The van der Waals surface area contributed by atoms with E-state index in [0.29, 0.717) is 22.4 Å². The van der Waals surface area contributed by atoms with Crippen LogP contribution in [0.3, 0.4) is 0 Å². The fraction of sp³-hybridized carbons (Fsp3) is 0.125. The number of hydrogen-bond acceptors (Lipinski definition) is 5. The predicted molar refractivity (Wildman–Crippen MR) is 94.3 cm³/mol. The summed E-state index contributed by atoms with van der Waals surface area (Å²) in [5.41, 5.74) is 1.72. The Morgan fingerprint density at radius 1 is 1.12 bits per heavy atom. The number of nitro benzene ring substituents is 1. The van der Waals surface area contributed by atoms with Crippen LogP contribution < -0.4 is 15.9 Å². The fourth-order valence-electron chi connectivity index (χ4n) is 2.50. The number of rotatable bonds is 4. The van der Waals surface area contributed by atoms with Gasteiger partial charge in [0, 0.05) is 31.4 Å². The lowest BCUT2D eigenvalue weighted by molar-refractivity contribution is -0.384. The van der Waals surface area contributed by atoms with Crippen LogP contribution in [0.4, 0.5) is 17.1 Å². The number of anilines is 2. The van der Waals surface area contributed by atoms with Crippen molar-refractivity contribution in [2.24, 2.45) is 0 Å². The highest BCUT2D eigenvalue weighted by molar-refractivity contribution is 6.05. The maximum atomic E-state index is 12.4. The van der Waals surface area contributed by atoms with Gasteiger partial charge >= 0.3 is 5.69 Å². The summed E-state index contributed by atoms with van der Waals surface area (Å²) in [7, 11) is 3.38. The van der Waals surface area contributed by atoms with Gasteiger partial charge in [-0.1, -0.05) is 0 Å². The second-order valence-corrected chi connectivity index (χ2v) is 5.65. The largest absolute Gasteiger partial charge is 0.372 e. The molecule has 3 aromatic rings. The molecule has 9 heteroatoms. The first-order valence-corrected chi connectivity index (χ1v) is 7.34. The zero-order valence-corrected chi connectivity index (χ0v) is 13.5. The van der Waals surface area contributed by atoms with Crippen molar-refractivity contribution >= 4 is 34.0 Å². The first-order valence-electron chi connectivity index (χ1n) is 7.34. The quantitative estimate of drug-likeness (QED) is 0.495. The number of fused-ring (bicyclic) bond motifs is 1. The number of nitrogens with zero attached hydrogens (tertiary/aromatic N) is 2. The normalized spacial score (nSPS) is 10.6. The molecule has 9 nitrogen and oxygen atoms in total. The number of benzene rings is 2. The van der Waals surface area contributed by atoms with Gasteiger partial charge in [-0.25, -0.2) is 4.79 Å². The van der Waals surface area contributed by atoms with Gasteiger partial charge in [0.15, 0.2) is 0 Å². The third kappa shape index (κ3) is 3.20. The second kappa shape index (κ2) is 6.11. The molecule has 0 bridgehead atoms. The Bertz CT molecular complexity index is 1030. The summed E-state index contributed by atoms with van der Waals surface area (Å²) in [5, 5.41) is 13.9. The average Bonchev–Trinajstić information content (AvgIpc) is 2.93. The molecule has 0 saturated heterocycles. The third-order valence-electron chi connectivity index (χ3n) is 3.69.